The summed E-state index contributed by atoms with van der Waals surface area (Å²) in [4.78, 5) is 12.6. The van der Waals surface area contributed by atoms with Crippen LogP contribution in [0.4, 0.5) is 0 Å². The number of carbonyl (C=O) groups is 1. The Labute approximate surface area is 128 Å². The zero-order valence-electron chi connectivity index (χ0n) is 12.5. The summed E-state index contributed by atoms with van der Waals surface area (Å²) in [5, 5.41) is 14.3. The maximum atomic E-state index is 12.6. The van der Waals surface area contributed by atoms with E-state index in [2.05, 4.69) is 20.6 Å². The van der Waals surface area contributed by atoms with Gasteiger partial charge in [-0.15, -0.1) is 0 Å². The largest absolute Gasteiger partial charge is 0.370 e. The van der Waals surface area contributed by atoms with E-state index in [0.29, 0.717) is 18.1 Å². The van der Waals surface area contributed by atoms with Gasteiger partial charge < -0.3 is 10.1 Å². The van der Waals surface area contributed by atoms with E-state index < -0.39 is 0 Å². The van der Waals surface area contributed by atoms with E-state index in [0.717, 1.165) is 30.7 Å². The Morgan fingerprint density at radius 1 is 1.45 bits per heavy atom. The molecule has 2 aliphatic rings. The molecule has 0 spiro atoms. The normalized spacial score (nSPS) is 24.6. The van der Waals surface area contributed by atoms with Gasteiger partial charge in [0, 0.05) is 25.8 Å². The number of rotatable bonds is 4. The zero-order chi connectivity index (χ0) is 15.1. The van der Waals surface area contributed by atoms with Crippen molar-refractivity contribution < 1.29 is 9.53 Å². The van der Waals surface area contributed by atoms with E-state index in [1.54, 1.807) is 17.1 Å². The summed E-state index contributed by atoms with van der Waals surface area (Å²) in [6, 6.07) is 1.90. The molecule has 0 unspecified atom stereocenters. The van der Waals surface area contributed by atoms with Gasteiger partial charge in [0.15, 0.2) is 0 Å². The van der Waals surface area contributed by atoms with Crippen LogP contribution in [0.5, 0.6) is 0 Å². The van der Waals surface area contributed by atoms with Crippen LogP contribution in [0.15, 0.2) is 18.5 Å². The molecule has 1 amide bonds. The van der Waals surface area contributed by atoms with Crippen LogP contribution in [0.25, 0.3) is 0 Å². The van der Waals surface area contributed by atoms with Crippen molar-refractivity contribution in [1.29, 1.82) is 0 Å². The van der Waals surface area contributed by atoms with E-state index in [1.165, 1.54) is 0 Å². The highest BCUT2D eigenvalue weighted by molar-refractivity contribution is 5.95. The molecule has 7 heteroatoms. The van der Waals surface area contributed by atoms with Gasteiger partial charge in [-0.05, 0) is 25.3 Å². The first-order valence-corrected chi connectivity index (χ1v) is 7.67. The summed E-state index contributed by atoms with van der Waals surface area (Å²) in [5.41, 5.74) is 2.61. The van der Waals surface area contributed by atoms with E-state index in [-0.39, 0.29) is 18.1 Å². The van der Waals surface area contributed by atoms with Crippen molar-refractivity contribution >= 4 is 5.91 Å². The molecular formula is C15H19N5O2. The third-order valence-electron chi connectivity index (χ3n) is 4.46. The molecule has 2 aromatic heterocycles. The fourth-order valence-electron chi connectivity index (χ4n) is 3.10. The quantitative estimate of drug-likeness (QED) is 0.891. The summed E-state index contributed by atoms with van der Waals surface area (Å²) in [7, 11) is 1.89. The molecule has 2 N–H and O–H groups in total. The molecule has 2 atom stereocenters. The van der Waals surface area contributed by atoms with Crippen molar-refractivity contribution in [1.82, 2.24) is 25.3 Å². The number of aryl methyl sites for hydroxylation is 1. The summed E-state index contributed by atoms with van der Waals surface area (Å²) >= 11 is 0. The Hall–Kier alpha value is -2.15. The average Bonchev–Trinajstić information content (AvgIpc) is 2.91. The van der Waals surface area contributed by atoms with Crippen molar-refractivity contribution in [3.05, 3.63) is 35.4 Å². The van der Waals surface area contributed by atoms with Crippen LogP contribution in [-0.2, 0) is 11.8 Å². The second-order valence-corrected chi connectivity index (χ2v) is 6.01. The number of hydrogen-bond donors (Lipinski definition) is 2. The van der Waals surface area contributed by atoms with Crippen LogP contribution in [-0.4, -0.2) is 38.5 Å². The monoisotopic (exact) mass is 301 g/mol. The number of nitrogens with one attached hydrogen (secondary N) is 2. The van der Waals surface area contributed by atoms with Crippen LogP contribution >= 0.6 is 0 Å². The average molecular weight is 301 g/mol. The smallest absolute Gasteiger partial charge is 0.255 e. The standard InChI is InChI=1S/C15H19N5O2/c1-20-12(4-6-17-20)14-11(5-7-22-14)18-15(21)10-8-16-19-13(10)9-2-3-9/h4,6,8-9,11,14H,2-3,5,7H2,1H3,(H,16,19)(H,18,21)/t11-,14-/m0/s1. The van der Waals surface area contributed by atoms with Crippen molar-refractivity contribution in [2.75, 3.05) is 6.61 Å². The molecule has 22 heavy (non-hydrogen) atoms. The van der Waals surface area contributed by atoms with E-state index >= 15 is 0 Å². The summed E-state index contributed by atoms with van der Waals surface area (Å²) in [6.45, 7) is 0.641. The van der Waals surface area contributed by atoms with Crippen LogP contribution in [0.2, 0.25) is 0 Å². The molecule has 0 aromatic carbocycles. The second-order valence-electron chi connectivity index (χ2n) is 6.01. The Balaban J connectivity index is 1.51. The highest BCUT2D eigenvalue weighted by Gasteiger charge is 2.35. The highest BCUT2D eigenvalue weighted by Crippen LogP contribution is 2.40. The van der Waals surface area contributed by atoms with Crippen molar-refractivity contribution in [3.8, 4) is 0 Å². The van der Waals surface area contributed by atoms with Gasteiger partial charge in [-0.25, -0.2) is 0 Å². The first-order valence-electron chi connectivity index (χ1n) is 7.67. The molecule has 4 rings (SSSR count). The number of carbonyl (C=O) groups excluding carboxylic acids is 1. The minimum Gasteiger partial charge on any atom is -0.370 e. The summed E-state index contributed by atoms with van der Waals surface area (Å²) < 4.78 is 7.59. The van der Waals surface area contributed by atoms with E-state index in [9.17, 15) is 4.79 Å². The predicted molar refractivity (Wildman–Crippen MR) is 78.3 cm³/mol. The van der Waals surface area contributed by atoms with Gasteiger partial charge in [0.1, 0.15) is 6.10 Å². The molecular weight excluding hydrogens is 282 g/mol. The van der Waals surface area contributed by atoms with Crippen molar-refractivity contribution in [2.24, 2.45) is 7.05 Å². The molecule has 1 aliphatic carbocycles. The lowest BCUT2D eigenvalue weighted by Crippen LogP contribution is -2.37. The Morgan fingerprint density at radius 3 is 3.05 bits per heavy atom. The molecule has 0 bridgehead atoms. The minimum atomic E-state index is -0.146. The minimum absolute atomic E-state index is 0.0372. The SMILES string of the molecule is Cn1nccc1[C@H]1OCC[C@@H]1NC(=O)c1cn[nH]c1C1CC1. The number of aromatic nitrogens is 4. The summed E-state index contributed by atoms with van der Waals surface area (Å²) in [6.07, 6.45) is 6.29. The molecule has 2 aromatic rings. The van der Waals surface area contributed by atoms with Crippen molar-refractivity contribution in [3.63, 3.8) is 0 Å². The van der Waals surface area contributed by atoms with Crippen LogP contribution in [0.1, 0.15) is 53.0 Å². The van der Waals surface area contributed by atoms with E-state index in [4.69, 9.17) is 4.74 Å². The Kier molecular flexibility index (Phi) is 3.22. The fourth-order valence-corrected chi connectivity index (χ4v) is 3.10. The number of nitrogens with zero attached hydrogens (tertiary/aromatic N) is 3. The van der Waals surface area contributed by atoms with Crippen LogP contribution < -0.4 is 5.32 Å². The maximum Gasteiger partial charge on any atom is 0.255 e. The molecule has 3 heterocycles. The lowest BCUT2D eigenvalue weighted by atomic mass is 10.1. The number of aromatic amines is 1. The molecule has 2 fully saturated rings. The molecule has 1 saturated heterocycles. The van der Waals surface area contributed by atoms with Gasteiger partial charge in [0.2, 0.25) is 0 Å². The van der Waals surface area contributed by atoms with Crippen LogP contribution in [0, 0.1) is 0 Å². The van der Waals surface area contributed by atoms with Gasteiger partial charge in [-0.2, -0.15) is 10.2 Å². The lowest BCUT2D eigenvalue weighted by Gasteiger charge is -2.20. The molecule has 1 aliphatic heterocycles. The van der Waals surface area contributed by atoms with E-state index in [1.807, 2.05) is 13.1 Å². The lowest BCUT2D eigenvalue weighted by molar-refractivity contribution is 0.0792. The first-order chi connectivity index (χ1) is 10.7. The van der Waals surface area contributed by atoms with Crippen LogP contribution in [0.3, 0.4) is 0 Å². The number of ether oxygens (including phenoxy) is 1. The topological polar surface area (TPSA) is 84.8 Å². The second kappa shape index (κ2) is 5.24. The fraction of sp³-hybridized carbons (Fsp3) is 0.533. The van der Waals surface area contributed by atoms with Gasteiger partial charge in [0.05, 0.1) is 29.2 Å². The molecule has 1 saturated carbocycles. The Bertz CT molecular complexity index is 688. The van der Waals surface area contributed by atoms with Crippen molar-refractivity contribution in [2.45, 2.75) is 37.3 Å². The summed E-state index contributed by atoms with van der Waals surface area (Å²) in [5.74, 6) is 0.397. The molecule has 0 radical (unpaired) electrons. The molecule has 7 nitrogen and oxygen atoms in total. The number of hydrogen-bond acceptors (Lipinski definition) is 4. The zero-order valence-corrected chi connectivity index (χ0v) is 12.5. The third kappa shape index (κ3) is 2.31. The van der Waals surface area contributed by atoms with Gasteiger partial charge in [-0.1, -0.05) is 0 Å². The third-order valence-corrected chi connectivity index (χ3v) is 4.46. The molecule has 116 valence electrons. The predicted octanol–water partition coefficient (Wildman–Crippen LogP) is 1.28. The van der Waals surface area contributed by atoms with Gasteiger partial charge in [0.25, 0.3) is 5.91 Å². The number of amides is 1. The first kappa shape index (κ1) is 13.5. The Morgan fingerprint density at radius 2 is 2.32 bits per heavy atom. The maximum absolute atomic E-state index is 12.6. The highest BCUT2D eigenvalue weighted by atomic mass is 16.5. The van der Waals surface area contributed by atoms with Gasteiger partial charge >= 0.3 is 0 Å². The van der Waals surface area contributed by atoms with Gasteiger partial charge in [-0.3, -0.25) is 14.6 Å². The number of H-pyrrole nitrogens is 1.